The first-order chi connectivity index (χ1) is 12.1. The number of benzene rings is 1. The van der Waals surface area contributed by atoms with E-state index in [0.29, 0.717) is 47.1 Å². The van der Waals surface area contributed by atoms with Crippen LogP contribution in [0.5, 0.6) is 0 Å². The summed E-state index contributed by atoms with van der Waals surface area (Å²) in [6.07, 6.45) is 0.0950. The number of halogens is 2. The van der Waals surface area contributed by atoms with Crippen LogP contribution in [0.3, 0.4) is 0 Å². The number of carbonyl (C=O) groups is 1. The molecule has 0 bridgehead atoms. The summed E-state index contributed by atoms with van der Waals surface area (Å²) in [6, 6.07) is 4.75. The minimum atomic E-state index is -0.420. The highest BCUT2D eigenvalue weighted by Crippen LogP contribution is 2.28. The average molecular weight is 386 g/mol. The van der Waals surface area contributed by atoms with Crippen molar-refractivity contribution in [1.82, 2.24) is 15.0 Å². The monoisotopic (exact) mass is 385 g/mol. The molecule has 0 radical (unpaired) electrons. The van der Waals surface area contributed by atoms with Crippen molar-refractivity contribution in [3.05, 3.63) is 45.5 Å². The predicted molar refractivity (Wildman–Crippen MR) is 90.5 cm³/mol. The molecule has 1 aromatic heterocycles. The molecule has 1 saturated heterocycles. The Kier molecular flexibility index (Phi) is 5.90. The first-order valence-corrected chi connectivity index (χ1v) is 8.47. The van der Waals surface area contributed by atoms with Gasteiger partial charge in [0.1, 0.15) is 12.6 Å². The van der Waals surface area contributed by atoms with Crippen LogP contribution in [-0.4, -0.2) is 47.8 Å². The van der Waals surface area contributed by atoms with E-state index in [2.05, 4.69) is 10.1 Å². The minimum absolute atomic E-state index is 0.0950. The maximum Gasteiger partial charge on any atom is 0.252 e. The lowest BCUT2D eigenvalue weighted by molar-refractivity contribution is -0.139. The third-order valence-corrected chi connectivity index (χ3v) is 4.60. The fourth-order valence-corrected chi connectivity index (χ4v) is 3.19. The number of hydrogen-bond acceptors (Lipinski definition) is 6. The van der Waals surface area contributed by atoms with Gasteiger partial charge in [0.15, 0.2) is 5.82 Å². The summed E-state index contributed by atoms with van der Waals surface area (Å²) in [4.78, 5) is 18.8. The highest BCUT2D eigenvalue weighted by molar-refractivity contribution is 6.36. The Hall–Kier alpha value is -1.67. The summed E-state index contributed by atoms with van der Waals surface area (Å²) in [5.74, 6) is 0.622. The fourth-order valence-electron chi connectivity index (χ4n) is 2.66. The van der Waals surface area contributed by atoms with Gasteiger partial charge in [-0.15, -0.1) is 0 Å². The quantitative estimate of drug-likeness (QED) is 0.787. The molecule has 1 fully saturated rings. The highest BCUT2D eigenvalue weighted by Gasteiger charge is 2.32. The molecule has 1 atom stereocenters. The Morgan fingerprint density at radius 3 is 2.88 bits per heavy atom. The van der Waals surface area contributed by atoms with E-state index < -0.39 is 6.04 Å². The molecule has 2 heterocycles. The molecule has 134 valence electrons. The van der Waals surface area contributed by atoms with Gasteiger partial charge >= 0.3 is 0 Å². The predicted octanol–water partition coefficient (Wildman–Crippen LogP) is 2.67. The van der Waals surface area contributed by atoms with Gasteiger partial charge in [-0.25, -0.2) is 0 Å². The third-order valence-electron chi connectivity index (χ3n) is 3.89. The first kappa shape index (κ1) is 18.1. The van der Waals surface area contributed by atoms with Gasteiger partial charge in [0.05, 0.1) is 19.6 Å². The van der Waals surface area contributed by atoms with E-state index in [-0.39, 0.29) is 18.9 Å². The van der Waals surface area contributed by atoms with E-state index in [1.54, 1.807) is 23.1 Å². The number of amides is 1. The first-order valence-electron chi connectivity index (χ1n) is 7.71. The van der Waals surface area contributed by atoms with Crippen LogP contribution in [-0.2, 0) is 27.3 Å². The van der Waals surface area contributed by atoms with Gasteiger partial charge in [-0.2, -0.15) is 4.98 Å². The number of rotatable bonds is 5. The lowest BCUT2D eigenvalue weighted by atomic mass is 10.1. The van der Waals surface area contributed by atoms with Gasteiger partial charge in [-0.1, -0.05) is 34.4 Å². The molecule has 9 heteroatoms. The second-order valence-electron chi connectivity index (χ2n) is 5.53. The van der Waals surface area contributed by atoms with Crippen molar-refractivity contribution in [3.63, 3.8) is 0 Å². The van der Waals surface area contributed by atoms with Gasteiger partial charge in [-0.3, -0.25) is 4.79 Å². The Morgan fingerprint density at radius 2 is 2.16 bits per heavy atom. The second-order valence-corrected chi connectivity index (χ2v) is 6.35. The van der Waals surface area contributed by atoms with Crippen molar-refractivity contribution >= 4 is 29.1 Å². The van der Waals surface area contributed by atoms with E-state index in [4.69, 9.17) is 37.2 Å². The molecular weight excluding hydrogens is 369 g/mol. The summed E-state index contributed by atoms with van der Waals surface area (Å²) < 4.78 is 15.6. The van der Waals surface area contributed by atoms with Crippen LogP contribution < -0.4 is 0 Å². The third kappa shape index (κ3) is 4.12. The topological polar surface area (TPSA) is 77.7 Å². The van der Waals surface area contributed by atoms with Crippen LogP contribution in [0.15, 0.2) is 22.7 Å². The molecule has 0 aliphatic carbocycles. The molecule has 3 rings (SSSR count). The minimum Gasteiger partial charge on any atom is -0.377 e. The standard InChI is InChI=1S/C16H17Cl2N3O4/c1-23-9-14-19-16(20-25-14)13-8-24-6-5-21(13)15(22)7-10-11(17)3-2-4-12(10)18/h2-4,13H,5-9H2,1H3/t13-/m0/s1. The van der Waals surface area contributed by atoms with Crippen LogP contribution in [0.4, 0.5) is 0 Å². The second kappa shape index (κ2) is 8.14. The summed E-state index contributed by atoms with van der Waals surface area (Å²) in [5, 5.41) is 4.87. The molecular formula is C16H17Cl2N3O4. The number of morpholine rings is 1. The zero-order chi connectivity index (χ0) is 17.8. The SMILES string of the molecule is COCc1nc([C@@H]2COCCN2C(=O)Cc2c(Cl)cccc2Cl)no1. The largest absolute Gasteiger partial charge is 0.377 e. The molecule has 25 heavy (non-hydrogen) atoms. The lowest BCUT2D eigenvalue weighted by Gasteiger charge is -2.33. The molecule has 0 saturated carbocycles. The zero-order valence-corrected chi connectivity index (χ0v) is 15.1. The summed E-state index contributed by atoms with van der Waals surface area (Å²) in [6.45, 7) is 1.39. The Labute approximate surface area is 154 Å². The van der Waals surface area contributed by atoms with Crippen molar-refractivity contribution in [2.24, 2.45) is 0 Å². The molecule has 0 N–H and O–H groups in total. The zero-order valence-electron chi connectivity index (χ0n) is 13.6. The van der Waals surface area contributed by atoms with Crippen LogP contribution in [0.2, 0.25) is 10.0 Å². The number of nitrogens with zero attached hydrogens (tertiary/aromatic N) is 3. The maximum absolute atomic E-state index is 12.8. The van der Waals surface area contributed by atoms with Gasteiger partial charge in [0.2, 0.25) is 5.91 Å². The highest BCUT2D eigenvalue weighted by atomic mass is 35.5. The molecule has 0 unspecified atom stereocenters. The van der Waals surface area contributed by atoms with Crippen molar-refractivity contribution in [1.29, 1.82) is 0 Å². The Bertz CT molecular complexity index is 732. The molecule has 1 amide bonds. The van der Waals surface area contributed by atoms with Gasteiger partial charge in [0.25, 0.3) is 5.89 Å². The van der Waals surface area contributed by atoms with E-state index >= 15 is 0 Å². The van der Waals surface area contributed by atoms with Crippen LogP contribution in [0.25, 0.3) is 0 Å². The van der Waals surface area contributed by atoms with Gasteiger partial charge in [0, 0.05) is 23.7 Å². The van der Waals surface area contributed by atoms with E-state index in [1.165, 1.54) is 7.11 Å². The number of carbonyl (C=O) groups excluding carboxylic acids is 1. The van der Waals surface area contributed by atoms with E-state index in [1.807, 2.05) is 0 Å². The molecule has 1 aliphatic rings. The molecule has 1 aliphatic heterocycles. The number of methoxy groups -OCH3 is 1. The van der Waals surface area contributed by atoms with Crippen LogP contribution in [0, 0.1) is 0 Å². The number of ether oxygens (including phenoxy) is 2. The van der Waals surface area contributed by atoms with Crippen molar-refractivity contribution in [2.45, 2.75) is 19.1 Å². The Balaban J connectivity index is 1.79. The molecule has 7 nitrogen and oxygen atoms in total. The van der Waals surface area contributed by atoms with Gasteiger partial charge in [-0.05, 0) is 17.7 Å². The van der Waals surface area contributed by atoms with Crippen molar-refractivity contribution < 1.29 is 18.8 Å². The average Bonchev–Trinajstić information content (AvgIpc) is 3.07. The van der Waals surface area contributed by atoms with Crippen molar-refractivity contribution in [3.8, 4) is 0 Å². The summed E-state index contributed by atoms with van der Waals surface area (Å²) >= 11 is 12.3. The molecule has 1 aromatic carbocycles. The van der Waals surface area contributed by atoms with E-state index in [0.717, 1.165) is 0 Å². The fraction of sp³-hybridized carbons (Fsp3) is 0.438. The summed E-state index contributed by atoms with van der Waals surface area (Å²) in [7, 11) is 1.54. The molecule has 0 spiro atoms. The smallest absolute Gasteiger partial charge is 0.252 e. The lowest BCUT2D eigenvalue weighted by Crippen LogP contribution is -2.44. The number of aromatic nitrogens is 2. The normalized spacial score (nSPS) is 17.7. The van der Waals surface area contributed by atoms with Crippen LogP contribution >= 0.6 is 23.2 Å². The maximum atomic E-state index is 12.8. The van der Waals surface area contributed by atoms with Crippen LogP contribution in [0.1, 0.15) is 23.3 Å². The van der Waals surface area contributed by atoms with Gasteiger partial charge < -0.3 is 18.9 Å². The number of hydrogen-bond donors (Lipinski definition) is 0. The summed E-state index contributed by atoms with van der Waals surface area (Å²) in [5.41, 5.74) is 0.606. The Morgan fingerprint density at radius 1 is 1.40 bits per heavy atom. The molecule has 2 aromatic rings. The van der Waals surface area contributed by atoms with E-state index in [9.17, 15) is 4.79 Å². The van der Waals surface area contributed by atoms with Crippen molar-refractivity contribution in [2.75, 3.05) is 26.9 Å².